The van der Waals surface area contributed by atoms with Crippen molar-refractivity contribution in [1.82, 2.24) is 20.5 Å². The lowest BCUT2D eigenvalue weighted by atomic mass is 10.3. The summed E-state index contributed by atoms with van der Waals surface area (Å²) in [5.41, 5.74) is 1.16. The Hall–Kier alpha value is -0.410. The molecule has 1 aromatic rings. The topological polar surface area (TPSA) is 52.6 Å². The second-order valence-corrected chi connectivity index (χ2v) is 8.04. The van der Waals surface area contributed by atoms with Crippen LogP contribution in [0.5, 0.6) is 0 Å². The van der Waals surface area contributed by atoms with Crippen LogP contribution in [-0.2, 0) is 6.42 Å². The zero-order chi connectivity index (χ0) is 17.5. The lowest BCUT2D eigenvalue weighted by Crippen LogP contribution is -2.40. The molecule has 2 N–H and O–H groups in total. The Morgan fingerprint density at radius 2 is 2.04 bits per heavy atom. The van der Waals surface area contributed by atoms with E-state index in [1.54, 1.807) is 11.3 Å². The largest absolute Gasteiger partial charge is 0.357 e. The van der Waals surface area contributed by atoms with Gasteiger partial charge in [0.2, 0.25) is 0 Å². The number of nitrogens with zero attached hydrogens (tertiary/aromatic N) is 3. The fraction of sp³-hybridized carbons (Fsp3) is 0.778. The highest BCUT2D eigenvalue weighted by Gasteiger charge is 2.29. The lowest BCUT2D eigenvalue weighted by molar-refractivity contribution is 0.218. The number of aromatic nitrogens is 1. The minimum atomic E-state index is 0. The summed E-state index contributed by atoms with van der Waals surface area (Å²) in [6, 6.07) is 1.41. The van der Waals surface area contributed by atoms with Crippen molar-refractivity contribution in [2.75, 3.05) is 26.2 Å². The molecule has 144 valence electrons. The zero-order valence-electron chi connectivity index (χ0n) is 16.3. The maximum Gasteiger partial charge on any atom is 0.191 e. The van der Waals surface area contributed by atoms with E-state index in [4.69, 9.17) is 4.99 Å². The first-order valence-corrected chi connectivity index (χ1v) is 10.0. The molecule has 0 aliphatic heterocycles. The Morgan fingerprint density at radius 1 is 1.32 bits per heavy atom. The summed E-state index contributed by atoms with van der Waals surface area (Å²) in [5, 5.41) is 7.97. The number of halogens is 1. The summed E-state index contributed by atoms with van der Waals surface area (Å²) in [6.07, 6.45) is 3.66. The van der Waals surface area contributed by atoms with Gasteiger partial charge in [-0.3, -0.25) is 9.89 Å². The third kappa shape index (κ3) is 7.78. The Balaban J connectivity index is 0.00000312. The Morgan fingerprint density at radius 3 is 2.56 bits per heavy atom. The normalized spacial score (nSPS) is 14.8. The average Bonchev–Trinajstić information content (AvgIpc) is 3.30. The van der Waals surface area contributed by atoms with Crippen LogP contribution in [-0.4, -0.2) is 54.1 Å². The maximum absolute atomic E-state index is 4.74. The molecule has 0 aromatic carbocycles. The van der Waals surface area contributed by atoms with Crippen LogP contribution < -0.4 is 10.6 Å². The molecule has 1 aromatic heterocycles. The first kappa shape index (κ1) is 22.6. The molecule has 1 fully saturated rings. The molecule has 0 spiro atoms. The Labute approximate surface area is 174 Å². The SMILES string of the molecule is CCNC(=NCCN(C(C)C)C1CC1)NCCc1nc(C)c(C)s1.I. The van der Waals surface area contributed by atoms with E-state index in [1.807, 2.05) is 0 Å². The number of thiazole rings is 1. The van der Waals surface area contributed by atoms with Crippen molar-refractivity contribution in [3.63, 3.8) is 0 Å². The quantitative estimate of drug-likeness (QED) is 0.324. The molecule has 25 heavy (non-hydrogen) atoms. The van der Waals surface area contributed by atoms with Crippen molar-refractivity contribution in [3.05, 3.63) is 15.6 Å². The fourth-order valence-corrected chi connectivity index (χ4v) is 3.76. The molecule has 1 heterocycles. The molecule has 2 rings (SSSR count). The first-order valence-electron chi connectivity index (χ1n) is 9.22. The van der Waals surface area contributed by atoms with E-state index in [1.165, 1.54) is 22.7 Å². The third-order valence-electron chi connectivity index (χ3n) is 4.36. The van der Waals surface area contributed by atoms with Gasteiger partial charge in [-0.05, 0) is 47.5 Å². The van der Waals surface area contributed by atoms with Gasteiger partial charge >= 0.3 is 0 Å². The molecule has 0 amide bonds. The molecule has 0 saturated heterocycles. The molecule has 1 saturated carbocycles. The minimum Gasteiger partial charge on any atom is -0.357 e. The van der Waals surface area contributed by atoms with Gasteiger partial charge < -0.3 is 10.6 Å². The molecule has 5 nitrogen and oxygen atoms in total. The second kappa shape index (κ2) is 11.3. The van der Waals surface area contributed by atoms with E-state index in [0.717, 1.165) is 50.3 Å². The number of rotatable bonds is 9. The van der Waals surface area contributed by atoms with Crippen LogP contribution in [0.1, 0.15) is 49.2 Å². The molecule has 0 atom stereocenters. The summed E-state index contributed by atoms with van der Waals surface area (Å²) in [6.45, 7) is 14.5. The highest BCUT2D eigenvalue weighted by molar-refractivity contribution is 14.0. The van der Waals surface area contributed by atoms with E-state index in [-0.39, 0.29) is 24.0 Å². The second-order valence-electron chi connectivity index (χ2n) is 6.75. The summed E-state index contributed by atoms with van der Waals surface area (Å²) >= 11 is 1.80. The highest BCUT2D eigenvalue weighted by Crippen LogP contribution is 2.28. The Kier molecular flexibility index (Phi) is 10.3. The number of aliphatic imine (C=N–C) groups is 1. The average molecular weight is 479 g/mol. The fourth-order valence-electron chi connectivity index (χ4n) is 2.82. The summed E-state index contributed by atoms with van der Waals surface area (Å²) in [7, 11) is 0. The van der Waals surface area contributed by atoms with Crippen LogP contribution in [0.25, 0.3) is 0 Å². The van der Waals surface area contributed by atoms with Gasteiger partial charge in [0.15, 0.2) is 5.96 Å². The third-order valence-corrected chi connectivity index (χ3v) is 5.49. The number of hydrogen-bond donors (Lipinski definition) is 2. The van der Waals surface area contributed by atoms with Gasteiger partial charge in [0.1, 0.15) is 0 Å². The van der Waals surface area contributed by atoms with Gasteiger partial charge in [0, 0.05) is 43.0 Å². The van der Waals surface area contributed by atoms with Gasteiger partial charge in [-0.1, -0.05) is 0 Å². The Bertz CT molecular complexity index is 518. The van der Waals surface area contributed by atoms with Crippen molar-refractivity contribution in [1.29, 1.82) is 0 Å². The van der Waals surface area contributed by atoms with Gasteiger partial charge in [-0.25, -0.2) is 4.98 Å². The van der Waals surface area contributed by atoms with Crippen LogP contribution in [0, 0.1) is 13.8 Å². The van der Waals surface area contributed by atoms with Crippen LogP contribution in [0.15, 0.2) is 4.99 Å². The molecule has 1 aliphatic rings. The molecular weight excluding hydrogens is 445 g/mol. The van der Waals surface area contributed by atoms with E-state index in [2.05, 4.69) is 55.1 Å². The van der Waals surface area contributed by atoms with E-state index < -0.39 is 0 Å². The number of guanidine groups is 1. The lowest BCUT2D eigenvalue weighted by Gasteiger charge is -2.25. The van der Waals surface area contributed by atoms with E-state index >= 15 is 0 Å². The molecular formula is C18H34IN5S. The number of hydrogen-bond acceptors (Lipinski definition) is 4. The van der Waals surface area contributed by atoms with Crippen molar-refractivity contribution in [2.45, 2.75) is 66.0 Å². The van der Waals surface area contributed by atoms with Crippen LogP contribution in [0.4, 0.5) is 0 Å². The molecule has 7 heteroatoms. The van der Waals surface area contributed by atoms with E-state index in [0.29, 0.717) is 6.04 Å². The summed E-state index contributed by atoms with van der Waals surface area (Å²) in [4.78, 5) is 13.2. The molecule has 1 aliphatic carbocycles. The predicted molar refractivity (Wildman–Crippen MR) is 120 cm³/mol. The number of aryl methyl sites for hydroxylation is 2. The van der Waals surface area contributed by atoms with Gasteiger partial charge in [0.05, 0.1) is 17.2 Å². The van der Waals surface area contributed by atoms with Gasteiger partial charge in [-0.15, -0.1) is 35.3 Å². The standard InChI is InChI=1S/C18H33N5S.HI/c1-6-19-18(20-10-9-17-22-14(4)15(5)24-17)21-11-12-23(13(2)3)16-7-8-16;/h13,16H,6-12H2,1-5H3,(H2,19,20,21);1H. The van der Waals surface area contributed by atoms with Crippen LogP contribution in [0.2, 0.25) is 0 Å². The van der Waals surface area contributed by atoms with Crippen molar-refractivity contribution in [3.8, 4) is 0 Å². The smallest absolute Gasteiger partial charge is 0.191 e. The van der Waals surface area contributed by atoms with E-state index in [9.17, 15) is 0 Å². The van der Waals surface area contributed by atoms with Crippen molar-refractivity contribution >= 4 is 41.3 Å². The summed E-state index contributed by atoms with van der Waals surface area (Å²) < 4.78 is 0. The van der Waals surface area contributed by atoms with Crippen LogP contribution in [0.3, 0.4) is 0 Å². The highest BCUT2D eigenvalue weighted by atomic mass is 127. The van der Waals surface area contributed by atoms with Crippen LogP contribution >= 0.6 is 35.3 Å². The number of nitrogens with one attached hydrogen (secondary N) is 2. The molecule has 0 bridgehead atoms. The zero-order valence-corrected chi connectivity index (χ0v) is 19.4. The monoisotopic (exact) mass is 479 g/mol. The van der Waals surface area contributed by atoms with Gasteiger partial charge in [0.25, 0.3) is 0 Å². The predicted octanol–water partition coefficient (Wildman–Crippen LogP) is 3.35. The first-order chi connectivity index (χ1) is 11.5. The van der Waals surface area contributed by atoms with Crippen molar-refractivity contribution in [2.24, 2.45) is 4.99 Å². The van der Waals surface area contributed by atoms with Crippen molar-refractivity contribution < 1.29 is 0 Å². The molecule has 0 unspecified atom stereocenters. The molecule has 0 radical (unpaired) electrons. The maximum atomic E-state index is 4.74. The summed E-state index contributed by atoms with van der Waals surface area (Å²) in [5.74, 6) is 0.919. The van der Waals surface area contributed by atoms with Gasteiger partial charge in [-0.2, -0.15) is 0 Å². The minimum absolute atomic E-state index is 0.